The summed E-state index contributed by atoms with van der Waals surface area (Å²) in [4.78, 5) is 15.2. The number of carbonyl (C=O) groups is 1. The molecule has 2 aliphatic heterocycles. The van der Waals surface area contributed by atoms with Crippen molar-refractivity contribution in [1.29, 1.82) is 0 Å². The summed E-state index contributed by atoms with van der Waals surface area (Å²) in [7, 11) is 0. The Morgan fingerprint density at radius 1 is 1.06 bits per heavy atom. The minimum atomic E-state index is -0.174. The highest BCUT2D eigenvalue weighted by Gasteiger charge is 2.34. The lowest BCUT2D eigenvalue weighted by Gasteiger charge is -2.15. The van der Waals surface area contributed by atoms with Crippen molar-refractivity contribution >= 4 is 46.0 Å². The maximum atomic E-state index is 13.2. The number of ether oxygens (including phenoxy) is 3. The molecule has 0 atom stereocenters. The Labute approximate surface area is 195 Å². The summed E-state index contributed by atoms with van der Waals surface area (Å²) in [6, 6.07) is 21.2. The van der Waals surface area contributed by atoms with Gasteiger partial charge in [0.2, 0.25) is 6.79 Å². The molecule has 0 bridgehead atoms. The summed E-state index contributed by atoms with van der Waals surface area (Å²) in [5.41, 5.74) is 3.76. The quantitative estimate of drug-likeness (QED) is 0.358. The van der Waals surface area contributed by atoms with Gasteiger partial charge in [0.25, 0.3) is 5.91 Å². The molecule has 0 radical (unpaired) electrons. The SMILES string of the molecule is Cc1cccc(COc2ccccc2/C=C2/SC(=S)N(c3ccc4c(c3)OCO4)C2=O)c1. The number of anilines is 1. The zero-order valence-electron chi connectivity index (χ0n) is 17.2. The van der Waals surface area contributed by atoms with Crippen molar-refractivity contribution < 1.29 is 19.0 Å². The van der Waals surface area contributed by atoms with Crippen LogP contribution in [0, 0.1) is 6.92 Å². The molecule has 3 aromatic carbocycles. The molecule has 32 heavy (non-hydrogen) atoms. The van der Waals surface area contributed by atoms with Crippen LogP contribution in [0.25, 0.3) is 6.08 Å². The van der Waals surface area contributed by atoms with E-state index in [0.29, 0.717) is 38.8 Å². The van der Waals surface area contributed by atoms with Crippen molar-refractivity contribution in [3.63, 3.8) is 0 Å². The topological polar surface area (TPSA) is 48.0 Å². The molecule has 2 heterocycles. The number of amides is 1. The first-order valence-electron chi connectivity index (χ1n) is 10.0. The summed E-state index contributed by atoms with van der Waals surface area (Å²) in [5, 5.41) is 0. The lowest BCUT2D eigenvalue weighted by Crippen LogP contribution is -2.27. The second-order valence-electron chi connectivity index (χ2n) is 7.37. The van der Waals surface area contributed by atoms with Gasteiger partial charge in [-0.15, -0.1) is 0 Å². The number of fused-ring (bicyclic) bond motifs is 1. The van der Waals surface area contributed by atoms with Crippen LogP contribution in [0.1, 0.15) is 16.7 Å². The fraction of sp³-hybridized carbons (Fsp3) is 0.120. The molecule has 1 amide bonds. The first-order chi connectivity index (χ1) is 15.6. The number of thiocarbonyl (C=S) groups is 1. The van der Waals surface area contributed by atoms with Gasteiger partial charge in [-0.25, -0.2) is 0 Å². The Hall–Kier alpha value is -3.29. The van der Waals surface area contributed by atoms with Crippen molar-refractivity contribution in [2.24, 2.45) is 0 Å². The second-order valence-corrected chi connectivity index (χ2v) is 9.05. The summed E-state index contributed by atoms with van der Waals surface area (Å²) in [5.74, 6) is 1.81. The monoisotopic (exact) mass is 461 g/mol. The number of hydrogen-bond donors (Lipinski definition) is 0. The normalized spacial score (nSPS) is 16.2. The fourth-order valence-electron chi connectivity index (χ4n) is 3.55. The van der Waals surface area contributed by atoms with Crippen LogP contribution in [0.5, 0.6) is 17.2 Å². The van der Waals surface area contributed by atoms with Crippen LogP contribution in [0.3, 0.4) is 0 Å². The molecule has 0 saturated carbocycles. The Bertz CT molecular complexity index is 1250. The molecular formula is C25H19NO4S2. The smallest absolute Gasteiger partial charge is 0.270 e. The fourth-order valence-corrected chi connectivity index (χ4v) is 4.84. The van der Waals surface area contributed by atoms with Crippen molar-refractivity contribution in [1.82, 2.24) is 0 Å². The van der Waals surface area contributed by atoms with E-state index in [0.717, 1.165) is 11.1 Å². The minimum Gasteiger partial charge on any atom is -0.488 e. The van der Waals surface area contributed by atoms with Crippen LogP contribution in [0.4, 0.5) is 5.69 Å². The Kier molecular flexibility index (Phi) is 5.59. The van der Waals surface area contributed by atoms with E-state index < -0.39 is 0 Å². The molecular weight excluding hydrogens is 442 g/mol. The molecule has 0 aliphatic carbocycles. The molecule has 0 N–H and O–H groups in total. The van der Waals surface area contributed by atoms with E-state index in [1.54, 1.807) is 18.2 Å². The van der Waals surface area contributed by atoms with Crippen molar-refractivity contribution in [3.05, 3.63) is 88.3 Å². The van der Waals surface area contributed by atoms with Gasteiger partial charge in [-0.1, -0.05) is 72.0 Å². The van der Waals surface area contributed by atoms with Crippen LogP contribution < -0.4 is 19.1 Å². The molecule has 5 rings (SSSR count). The maximum absolute atomic E-state index is 13.2. The Morgan fingerprint density at radius 2 is 1.91 bits per heavy atom. The van der Waals surface area contributed by atoms with Gasteiger partial charge in [-0.3, -0.25) is 9.69 Å². The van der Waals surface area contributed by atoms with Gasteiger partial charge in [0.05, 0.1) is 10.6 Å². The lowest BCUT2D eigenvalue weighted by atomic mass is 10.1. The third-order valence-electron chi connectivity index (χ3n) is 5.09. The highest BCUT2D eigenvalue weighted by atomic mass is 32.2. The molecule has 5 nitrogen and oxygen atoms in total. The third kappa shape index (κ3) is 4.09. The van der Waals surface area contributed by atoms with Gasteiger partial charge in [0.15, 0.2) is 15.8 Å². The number of carbonyl (C=O) groups excluding carboxylic acids is 1. The predicted molar refractivity (Wildman–Crippen MR) is 130 cm³/mol. The van der Waals surface area contributed by atoms with Crippen molar-refractivity contribution in [2.45, 2.75) is 13.5 Å². The summed E-state index contributed by atoms with van der Waals surface area (Å²) >= 11 is 6.78. The predicted octanol–water partition coefficient (Wildman–Crippen LogP) is 5.71. The van der Waals surface area contributed by atoms with Crippen LogP contribution in [0.15, 0.2) is 71.6 Å². The van der Waals surface area contributed by atoms with E-state index in [1.807, 2.05) is 42.5 Å². The van der Waals surface area contributed by atoms with Gasteiger partial charge < -0.3 is 14.2 Å². The van der Waals surface area contributed by atoms with E-state index in [-0.39, 0.29) is 12.7 Å². The van der Waals surface area contributed by atoms with E-state index in [4.69, 9.17) is 26.4 Å². The van der Waals surface area contributed by atoms with Crippen molar-refractivity contribution in [2.75, 3.05) is 11.7 Å². The summed E-state index contributed by atoms with van der Waals surface area (Å²) in [6.07, 6.45) is 1.83. The standard InChI is InChI=1S/C25H19NO4S2/c1-16-5-4-6-17(11-16)14-28-20-8-3-2-7-18(20)12-23-24(27)26(25(31)32-23)19-9-10-21-22(13-19)30-15-29-21/h2-13H,14-15H2,1H3/b23-12+. The average molecular weight is 462 g/mol. The third-order valence-corrected chi connectivity index (χ3v) is 6.39. The van der Waals surface area contributed by atoms with Crippen LogP contribution in [-0.4, -0.2) is 17.0 Å². The van der Waals surface area contributed by atoms with Crippen LogP contribution in [-0.2, 0) is 11.4 Å². The number of para-hydroxylation sites is 1. The number of benzene rings is 3. The zero-order valence-corrected chi connectivity index (χ0v) is 18.9. The van der Waals surface area contributed by atoms with Gasteiger partial charge in [0.1, 0.15) is 12.4 Å². The Balaban J connectivity index is 1.38. The van der Waals surface area contributed by atoms with E-state index >= 15 is 0 Å². The summed E-state index contributed by atoms with van der Waals surface area (Å²) < 4.78 is 17.3. The first-order valence-corrected chi connectivity index (χ1v) is 11.3. The van der Waals surface area contributed by atoms with Gasteiger partial charge >= 0.3 is 0 Å². The number of thioether (sulfide) groups is 1. The number of rotatable bonds is 5. The Morgan fingerprint density at radius 3 is 2.78 bits per heavy atom. The summed E-state index contributed by atoms with van der Waals surface area (Å²) in [6.45, 7) is 2.68. The molecule has 0 aromatic heterocycles. The maximum Gasteiger partial charge on any atom is 0.270 e. The second kappa shape index (κ2) is 8.68. The first kappa shape index (κ1) is 20.6. The number of hydrogen-bond acceptors (Lipinski definition) is 6. The van der Waals surface area contributed by atoms with Gasteiger partial charge in [0, 0.05) is 11.6 Å². The highest BCUT2D eigenvalue weighted by molar-refractivity contribution is 8.27. The number of aryl methyl sites for hydroxylation is 1. The minimum absolute atomic E-state index is 0.174. The van der Waals surface area contributed by atoms with Gasteiger partial charge in [-0.2, -0.15) is 0 Å². The highest BCUT2D eigenvalue weighted by Crippen LogP contribution is 2.41. The average Bonchev–Trinajstić information content (AvgIpc) is 3.36. The van der Waals surface area contributed by atoms with Crippen LogP contribution >= 0.6 is 24.0 Å². The molecule has 1 saturated heterocycles. The van der Waals surface area contributed by atoms with E-state index in [2.05, 4.69) is 19.1 Å². The number of nitrogens with zero attached hydrogens (tertiary/aromatic N) is 1. The molecule has 1 fully saturated rings. The molecule has 7 heteroatoms. The van der Waals surface area contributed by atoms with Crippen molar-refractivity contribution in [3.8, 4) is 17.2 Å². The van der Waals surface area contributed by atoms with Crippen LogP contribution in [0.2, 0.25) is 0 Å². The van der Waals surface area contributed by atoms with E-state index in [9.17, 15) is 4.79 Å². The molecule has 0 unspecified atom stereocenters. The van der Waals surface area contributed by atoms with Gasteiger partial charge in [-0.05, 0) is 36.8 Å². The molecule has 0 spiro atoms. The largest absolute Gasteiger partial charge is 0.488 e. The molecule has 3 aromatic rings. The molecule has 2 aliphatic rings. The lowest BCUT2D eigenvalue weighted by molar-refractivity contribution is -0.113. The van der Waals surface area contributed by atoms with E-state index in [1.165, 1.54) is 22.2 Å². The molecule has 160 valence electrons. The zero-order chi connectivity index (χ0) is 22.1.